The molecule has 0 radical (unpaired) electrons. The molecule has 15 heteroatoms. The third kappa shape index (κ3) is 6.78. The summed E-state index contributed by atoms with van der Waals surface area (Å²) in [5.74, 6) is -0.480. The van der Waals surface area contributed by atoms with Gasteiger partial charge < -0.3 is 9.84 Å². The normalized spacial score (nSPS) is 10.6. The molecule has 4 heterocycles. The molecule has 0 amide bonds. The summed E-state index contributed by atoms with van der Waals surface area (Å²) < 4.78 is 10.6. The Morgan fingerprint density at radius 1 is 0.872 bits per heavy atom. The molecular formula is C24H28Br2N6O7. The molecule has 210 valence electrons. The van der Waals surface area contributed by atoms with Crippen molar-refractivity contribution < 1.29 is 14.6 Å². The monoisotopic (exact) mass is 670 g/mol. The van der Waals surface area contributed by atoms with Crippen LogP contribution in [-0.2, 0) is 36.7 Å². The van der Waals surface area contributed by atoms with Crippen molar-refractivity contribution in [2.75, 3.05) is 13.7 Å². The number of aliphatic hydroxyl groups excluding tert-OH is 1. The number of fused-ring (bicyclic) bond motifs is 2. The van der Waals surface area contributed by atoms with E-state index in [0.29, 0.717) is 37.4 Å². The molecule has 0 bridgehead atoms. The molecule has 0 saturated heterocycles. The molecule has 0 aliphatic heterocycles. The van der Waals surface area contributed by atoms with Gasteiger partial charge in [-0.05, 0) is 50.4 Å². The van der Waals surface area contributed by atoms with Gasteiger partial charge in [0.05, 0.1) is 24.3 Å². The van der Waals surface area contributed by atoms with Gasteiger partial charge in [-0.2, -0.15) is 0 Å². The van der Waals surface area contributed by atoms with Gasteiger partial charge in [0.2, 0.25) is 0 Å². The fourth-order valence-electron chi connectivity index (χ4n) is 3.65. The van der Waals surface area contributed by atoms with Crippen LogP contribution in [0.4, 0.5) is 0 Å². The van der Waals surface area contributed by atoms with Gasteiger partial charge in [-0.25, -0.2) is 19.6 Å². The number of aliphatic hydroxyl groups is 1. The number of aryl methyl sites for hydroxylation is 2. The van der Waals surface area contributed by atoms with Gasteiger partial charge in [0, 0.05) is 55.1 Å². The summed E-state index contributed by atoms with van der Waals surface area (Å²) in [6.45, 7) is 0.107. The van der Waals surface area contributed by atoms with Crippen LogP contribution < -0.4 is 22.5 Å². The number of carbonyl (C=O) groups excluding carboxylic acids is 1. The molecule has 4 aromatic rings. The van der Waals surface area contributed by atoms with Crippen molar-refractivity contribution in [1.82, 2.24) is 28.2 Å². The van der Waals surface area contributed by atoms with Crippen molar-refractivity contribution in [2.24, 2.45) is 14.1 Å². The minimum Gasteiger partial charge on any atom is -0.469 e. The van der Waals surface area contributed by atoms with Gasteiger partial charge >= 0.3 is 17.3 Å². The highest BCUT2D eigenvalue weighted by molar-refractivity contribution is 9.10. The minimum atomic E-state index is -0.513. The first-order valence-electron chi connectivity index (χ1n) is 11.2. The average Bonchev–Trinajstić information content (AvgIpc) is 2.90. The lowest BCUT2D eigenvalue weighted by Gasteiger charge is -2.09. The van der Waals surface area contributed by atoms with E-state index in [1.807, 2.05) is 0 Å². The third-order valence-corrected chi connectivity index (χ3v) is 6.46. The van der Waals surface area contributed by atoms with Crippen LogP contribution in [0.5, 0.6) is 0 Å². The SMILES string of the molecule is C.COC(=O)CCn1c(=O)c2cc(Br)cnc2n(C)c1=O.Cn1c(=O)n(CCCO)c(=O)c2cc(Br)cnc21. The number of methoxy groups -OCH3 is 1. The van der Waals surface area contributed by atoms with E-state index in [9.17, 15) is 24.0 Å². The third-order valence-electron chi connectivity index (χ3n) is 5.60. The van der Waals surface area contributed by atoms with Gasteiger partial charge in [-0.15, -0.1) is 0 Å². The molecule has 39 heavy (non-hydrogen) atoms. The zero-order valence-corrected chi connectivity index (χ0v) is 23.9. The van der Waals surface area contributed by atoms with Crippen LogP contribution in [0.25, 0.3) is 22.1 Å². The van der Waals surface area contributed by atoms with Gasteiger partial charge in [0.1, 0.15) is 11.3 Å². The number of halogens is 2. The summed E-state index contributed by atoms with van der Waals surface area (Å²) in [4.78, 5) is 67.8. The summed E-state index contributed by atoms with van der Waals surface area (Å²) in [7, 11) is 4.35. The second-order valence-electron chi connectivity index (χ2n) is 8.05. The molecule has 0 spiro atoms. The molecule has 0 aromatic carbocycles. The smallest absolute Gasteiger partial charge is 0.332 e. The number of nitrogens with zero attached hydrogens (tertiary/aromatic N) is 6. The van der Waals surface area contributed by atoms with Crippen molar-refractivity contribution in [3.05, 3.63) is 75.1 Å². The first-order valence-corrected chi connectivity index (χ1v) is 12.8. The second-order valence-corrected chi connectivity index (χ2v) is 9.88. The van der Waals surface area contributed by atoms with E-state index in [4.69, 9.17) is 5.11 Å². The van der Waals surface area contributed by atoms with Crippen molar-refractivity contribution in [2.45, 2.75) is 33.4 Å². The number of esters is 1. The van der Waals surface area contributed by atoms with Crippen molar-refractivity contribution in [3.63, 3.8) is 0 Å². The van der Waals surface area contributed by atoms with Crippen LogP contribution in [-0.4, -0.2) is 53.0 Å². The van der Waals surface area contributed by atoms with E-state index in [2.05, 4.69) is 46.6 Å². The van der Waals surface area contributed by atoms with Crippen molar-refractivity contribution >= 4 is 59.9 Å². The summed E-state index contributed by atoms with van der Waals surface area (Å²) in [6, 6.07) is 3.23. The van der Waals surface area contributed by atoms with Gasteiger partial charge in [0.25, 0.3) is 11.1 Å². The van der Waals surface area contributed by atoms with E-state index in [-0.39, 0.29) is 39.1 Å². The van der Waals surface area contributed by atoms with Gasteiger partial charge in [-0.3, -0.25) is 32.7 Å². The molecule has 0 aliphatic rings. The van der Waals surface area contributed by atoms with Crippen molar-refractivity contribution in [1.29, 1.82) is 0 Å². The standard InChI is InChI=1S/C12H12BrN3O4.C11H12BrN3O3.CH4/c1-15-10-8(5-7(13)6-14-10)11(18)16(12(15)19)4-3-9(17)20-2;1-14-9-8(5-7(12)6-13-9)10(17)15(11(14)18)3-2-4-16;/h5-6H,3-4H2,1-2H3;5-6,16H,2-4H2,1H3;1H4. The molecule has 13 nitrogen and oxygen atoms in total. The average molecular weight is 672 g/mol. The Hall–Kier alpha value is -3.43. The zero-order chi connectivity index (χ0) is 28.1. The Morgan fingerprint density at radius 2 is 1.31 bits per heavy atom. The number of hydrogen-bond donors (Lipinski definition) is 1. The highest BCUT2D eigenvalue weighted by Gasteiger charge is 2.14. The fourth-order valence-corrected chi connectivity index (χ4v) is 4.31. The number of rotatable bonds is 6. The number of pyridine rings is 2. The number of hydrogen-bond acceptors (Lipinski definition) is 9. The molecule has 0 fully saturated rings. The first kappa shape index (κ1) is 31.8. The maximum atomic E-state index is 12.3. The van der Waals surface area contributed by atoms with Crippen LogP contribution in [0.1, 0.15) is 20.3 Å². The first-order chi connectivity index (χ1) is 18.0. The maximum absolute atomic E-state index is 12.3. The molecule has 0 aliphatic carbocycles. The molecule has 4 rings (SSSR count). The Balaban J connectivity index is 0.000000268. The van der Waals surface area contributed by atoms with Crippen LogP contribution >= 0.6 is 31.9 Å². The molecule has 0 saturated carbocycles. The molecular weight excluding hydrogens is 644 g/mol. The second kappa shape index (κ2) is 13.6. The Bertz CT molecular complexity index is 1760. The lowest BCUT2D eigenvalue weighted by Crippen LogP contribution is -2.39. The summed E-state index contributed by atoms with van der Waals surface area (Å²) in [6.07, 6.45) is 3.37. The fraction of sp³-hybridized carbons (Fsp3) is 0.375. The quantitative estimate of drug-likeness (QED) is 0.298. The van der Waals surface area contributed by atoms with E-state index >= 15 is 0 Å². The minimum absolute atomic E-state index is 0. The Labute approximate surface area is 238 Å². The Morgan fingerprint density at radius 3 is 1.72 bits per heavy atom. The predicted molar refractivity (Wildman–Crippen MR) is 153 cm³/mol. The lowest BCUT2D eigenvalue weighted by molar-refractivity contribution is -0.140. The van der Waals surface area contributed by atoms with E-state index < -0.39 is 22.9 Å². The van der Waals surface area contributed by atoms with Crippen molar-refractivity contribution in [3.8, 4) is 0 Å². The zero-order valence-electron chi connectivity index (χ0n) is 20.7. The maximum Gasteiger partial charge on any atom is 0.332 e. The van der Waals surface area contributed by atoms with Gasteiger partial charge in [0.15, 0.2) is 0 Å². The van der Waals surface area contributed by atoms with Gasteiger partial charge in [-0.1, -0.05) is 7.43 Å². The highest BCUT2D eigenvalue weighted by atomic mass is 79.9. The Kier molecular flexibility index (Phi) is 11.1. The molecule has 0 atom stereocenters. The van der Waals surface area contributed by atoms with E-state index in [1.54, 1.807) is 25.4 Å². The molecule has 1 N–H and O–H groups in total. The molecule has 0 unspecified atom stereocenters. The summed E-state index contributed by atoms with van der Waals surface area (Å²) in [5, 5.41) is 9.48. The largest absolute Gasteiger partial charge is 0.469 e. The number of aromatic nitrogens is 6. The van der Waals surface area contributed by atoms with Crippen LogP contribution in [0.15, 0.2) is 52.7 Å². The highest BCUT2D eigenvalue weighted by Crippen LogP contribution is 2.13. The predicted octanol–water partition coefficient (Wildman–Crippen LogP) is 1.30. The summed E-state index contributed by atoms with van der Waals surface area (Å²) >= 11 is 6.48. The van der Waals surface area contributed by atoms with E-state index in [1.165, 1.54) is 29.5 Å². The van der Waals surface area contributed by atoms with Crippen LogP contribution in [0, 0.1) is 0 Å². The number of ether oxygens (including phenoxy) is 1. The molecule has 4 aromatic heterocycles. The topological polar surface area (TPSA) is 160 Å². The van der Waals surface area contributed by atoms with Crippen LogP contribution in [0.3, 0.4) is 0 Å². The van der Waals surface area contributed by atoms with Crippen LogP contribution in [0.2, 0.25) is 0 Å². The van der Waals surface area contributed by atoms with E-state index in [0.717, 1.165) is 9.13 Å². The number of carbonyl (C=O) groups is 1. The lowest BCUT2D eigenvalue weighted by atomic mass is 10.3. The summed E-state index contributed by atoms with van der Waals surface area (Å²) in [5.41, 5.74) is -1.13.